The van der Waals surface area contributed by atoms with Gasteiger partial charge in [-0.15, -0.1) is 0 Å². The molecule has 0 radical (unpaired) electrons. The van der Waals surface area contributed by atoms with E-state index in [-0.39, 0.29) is 23.8 Å². The van der Waals surface area contributed by atoms with Crippen LogP contribution in [0.25, 0.3) is 21.8 Å². The number of benzene rings is 4. The fourth-order valence-electron chi connectivity index (χ4n) is 8.72. The standard InChI is InChI=1S/C27H26ClNO6.C26H24ClNO6/c28-21-13-19(4-3-17(21)12-18(30)11-16-1-2-16)34-23-5-7-29-22-14-24(35-20-6-8-31-15-20)26-27(25(22)23)33-10-9-32-26;27-20-11-18(4-3-16(20)10-17(29)9-15-1-2-15)33-22-5-6-28-21-12-23(34-19-13-30-14-19)25-26(24(21)22)32-8-7-31-25/h3-5,7,13-14,16,20H,1-2,6,8-12,15H2;3-6,11-12,15,19H,1-2,7-10,13-14H2. The normalized spacial score (nSPS) is 18.2. The van der Waals surface area contributed by atoms with Crippen molar-refractivity contribution in [3.63, 3.8) is 0 Å². The highest BCUT2D eigenvalue weighted by molar-refractivity contribution is 6.32. The summed E-state index contributed by atoms with van der Waals surface area (Å²) in [6, 6.07) is 18.1. The van der Waals surface area contributed by atoms with Gasteiger partial charge >= 0.3 is 0 Å². The van der Waals surface area contributed by atoms with E-state index < -0.39 is 0 Å². The van der Waals surface area contributed by atoms with Crippen molar-refractivity contribution >= 4 is 56.6 Å². The highest BCUT2D eigenvalue weighted by Crippen LogP contribution is 2.51. The van der Waals surface area contributed by atoms with Gasteiger partial charge in [0, 0.05) is 66.7 Å². The van der Waals surface area contributed by atoms with Gasteiger partial charge in [0.15, 0.2) is 23.0 Å². The Morgan fingerprint density at radius 3 is 1.41 bits per heavy atom. The molecule has 1 unspecified atom stereocenters. The summed E-state index contributed by atoms with van der Waals surface area (Å²) in [5.74, 6) is 7.25. The van der Waals surface area contributed by atoms with E-state index in [0.717, 1.165) is 43.2 Å². The first kappa shape index (κ1) is 45.4. The largest absolute Gasteiger partial charge is 0.485 e. The van der Waals surface area contributed by atoms with E-state index in [1.165, 1.54) is 0 Å². The van der Waals surface area contributed by atoms with Crippen LogP contribution in [0.4, 0.5) is 0 Å². The molecule has 2 aliphatic carbocycles. The van der Waals surface area contributed by atoms with Crippen LogP contribution < -0.4 is 37.9 Å². The number of carbonyl (C=O) groups excluding carboxylic acids is 2. The molecule has 6 heterocycles. The number of carbonyl (C=O) groups is 2. The summed E-state index contributed by atoms with van der Waals surface area (Å²) in [6.45, 7) is 4.04. The minimum absolute atomic E-state index is 0.0108. The molecule has 4 aromatic carbocycles. The average Bonchev–Trinajstić information content (AvgIpc) is 4.28. The smallest absolute Gasteiger partial charge is 0.204 e. The number of pyridine rings is 2. The van der Waals surface area contributed by atoms with E-state index in [2.05, 4.69) is 9.97 Å². The van der Waals surface area contributed by atoms with Gasteiger partial charge in [-0.25, -0.2) is 0 Å². The number of Topliss-reactive ketones (excluding diaryl/α,β-unsaturated/α-hetero) is 2. The van der Waals surface area contributed by atoms with E-state index in [0.29, 0.717) is 180 Å². The molecule has 14 nitrogen and oxygen atoms in total. The molecule has 0 N–H and O–H groups in total. The maximum Gasteiger partial charge on any atom is 0.204 e. The lowest BCUT2D eigenvalue weighted by Gasteiger charge is -2.29. The van der Waals surface area contributed by atoms with E-state index in [1.807, 2.05) is 36.4 Å². The van der Waals surface area contributed by atoms with Gasteiger partial charge in [-0.3, -0.25) is 19.6 Å². The van der Waals surface area contributed by atoms with Crippen LogP contribution in [0.2, 0.25) is 10.0 Å². The zero-order valence-corrected chi connectivity index (χ0v) is 39.3. The van der Waals surface area contributed by atoms with Crippen LogP contribution in [0, 0.1) is 11.8 Å². The summed E-state index contributed by atoms with van der Waals surface area (Å²) in [5, 5.41) is 2.44. The molecule has 0 amide bonds. The molecular weight excluding hydrogens is 927 g/mol. The molecule has 4 aliphatic heterocycles. The molecule has 6 aromatic rings. The third-order valence-corrected chi connectivity index (χ3v) is 13.4. The van der Waals surface area contributed by atoms with Gasteiger partial charge in [0.25, 0.3) is 0 Å². The number of hydrogen-bond acceptors (Lipinski definition) is 14. The third kappa shape index (κ3) is 10.6. The van der Waals surface area contributed by atoms with Gasteiger partial charge in [-0.05, 0) is 85.0 Å². The Bertz CT molecular complexity index is 2910. The van der Waals surface area contributed by atoms with Crippen molar-refractivity contribution in [1.29, 1.82) is 0 Å². The zero-order valence-electron chi connectivity index (χ0n) is 37.8. The van der Waals surface area contributed by atoms with E-state index in [1.54, 1.807) is 36.7 Å². The maximum atomic E-state index is 12.3. The molecule has 4 fully saturated rings. The predicted molar refractivity (Wildman–Crippen MR) is 256 cm³/mol. The SMILES string of the molecule is O=C(Cc1ccc(Oc2ccnc3cc(OC4CCOC4)c4c(c23)OCCO4)cc1Cl)CC1CC1.O=C(Cc1ccc(Oc2ccnc3cc(OC4COC4)c4c(c23)OCCO4)cc1Cl)CC1CC1. The number of fused-ring (bicyclic) bond motifs is 6. The minimum atomic E-state index is -0.0293. The highest BCUT2D eigenvalue weighted by atomic mass is 35.5. The van der Waals surface area contributed by atoms with E-state index in [4.69, 9.17) is 70.6 Å². The zero-order chi connectivity index (χ0) is 46.8. The van der Waals surface area contributed by atoms with Crippen molar-refractivity contribution in [2.75, 3.05) is 52.9 Å². The second-order valence-electron chi connectivity index (χ2n) is 18.2. The first-order valence-corrected chi connectivity index (χ1v) is 24.4. The topological polar surface area (TPSA) is 152 Å². The molecule has 2 saturated carbocycles. The van der Waals surface area contributed by atoms with Crippen molar-refractivity contribution in [3.8, 4) is 57.5 Å². The number of rotatable bonds is 16. The minimum Gasteiger partial charge on any atom is -0.485 e. The summed E-state index contributed by atoms with van der Waals surface area (Å²) < 4.78 is 59.2. The molecule has 0 spiro atoms. The molecule has 16 heteroatoms. The third-order valence-electron chi connectivity index (χ3n) is 12.7. The van der Waals surface area contributed by atoms with Crippen LogP contribution in [0.5, 0.6) is 57.5 Å². The number of halogens is 2. The summed E-state index contributed by atoms with van der Waals surface area (Å²) in [7, 11) is 0. The van der Waals surface area contributed by atoms with Crippen molar-refractivity contribution in [2.24, 2.45) is 11.8 Å². The number of nitrogens with zero attached hydrogens (tertiary/aromatic N) is 2. The predicted octanol–water partition coefficient (Wildman–Crippen LogP) is 10.7. The van der Waals surface area contributed by atoms with Gasteiger partial charge in [0.2, 0.25) is 11.5 Å². The quantitative estimate of drug-likeness (QED) is 0.0904. The molecule has 1 atom stereocenters. The number of aromatic nitrogens is 2. The van der Waals surface area contributed by atoms with Crippen molar-refractivity contribution in [3.05, 3.63) is 94.2 Å². The first-order chi connectivity index (χ1) is 33.8. The monoisotopic (exact) mass is 976 g/mol. The molecule has 12 rings (SSSR count). The van der Waals surface area contributed by atoms with E-state index in [9.17, 15) is 9.59 Å². The Hall–Kier alpha value is -6.06. The molecule has 358 valence electrons. The number of hydrogen-bond donors (Lipinski definition) is 0. The Kier molecular flexibility index (Phi) is 13.2. The summed E-state index contributed by atoms with van der Waals surface area (Å²) in [4.78, 5) is 33.6. The average molecular weight is 978 g/mol. The lowest BCUT2D eigenvalue weighted by molar-refractivity contribution is -0.119. The lowest BCUT2D eigenvalue weighted by Crippen LogP contribution is -2.38. The van der Waals surface area contributed by atoms with Crippen LogP contribution >= 0.6 is 23.2 Å². The highest BCUT2D eigenvalue weighted by Gasteiger charge is 2.31. The number of ketones is 2. The summed E-state index contributed by atoms with van der Waals surface area (Å²) >= 11 is 13.0. The van der Waals surface area contributed by atoms with Crippen LogP contribution in [-0.4, -0.2) is 86.6 Å². The molecule has 6 aliphatic rings. The van der Waals surface area contributed by atoms with Crippen molar-refractivity contribution < 1.29 is 57.0 Å². The van der Waals surface area contributed by atoms with Gasteiger partial charge in [0.05, 0.1) is 48.2 Å². The van der Waals surface area contributed by atoms with Crippen LogP contribution in [0.15, 0.2) is 73.1 Å². The van der Waals surface area contributed by atoms with Gasteiger partial charge in [-0.2, -0.15) is 0 Å². The van der Waals surface area contributed by atoms with Crippen LogP contribution in [0.3, 0.4) is 0 Å². The fourth-order valence-corrected chi connectivity index (χ4v) is 9.20. The maximum absolute atomic E-state index is 12.3. The van der Waals surface area contributed by atoms with Crippen LogP contribution in [-0.2, 0) is 31.9 Å². The summed E-state index contributed by atoms with van der Waals surface area (Å²) in [5.41, 5.74) is 2.98. The van der Waals surface area contributed by atoms with Gasteiger partial charge in [0.1, 0.15) is 73.2 Å². The molecule has 2 aromatic heterocycles. The lowest BCUT2D eigenvalue weighted by atomic mass is 10.0. The Morgan fingerprint density at radius 2 is 0.986 bits per heavy atom. The van der Waals surface area contributed by atoms with Crippen LogP contribution in [0.1, 0.15) is 56.1 Å². The van der Waals surface area contributed by atoms with Crippen molar-refractivity contribution in [1.82, 2.24) is 9.97 Å². The Labute approximate surface area is 408 Å². The molecule has 0 bridgehead atoms. The second-order valence-corrected chi connectivity index (χ2v) is 19.0. The molecule has 69 heavy (non-hydrogen) atoms. The first-order valence-electron chi connectivity index (χ1n) is 23.7. The van der Waals surface area contributed by atoms with E-state index >= 15 is 0 Å². The fraction of sp³-hybridized carbons (Fsp3) is 0.396. The van der Waals surface area contributed by atoms with Gasteiger partial charge < -0.3 is 47.4 Å². The Morgan fingerprint density at radius 1 is 0.522 bits per heavy atom. The van der Waals surface area contributed by atoms with Gasteiger partial charge in [-0.1, -0.05) is 35.3 Å². The second kappa shape index (κ2) is 20.1. The number of ether oxygens (including phenoxy) is 10. The molecular formula is C53H50Cl2N2O12. The summed E-state index contributed by atoms with van der Waals surface area (Å²) in [6.07, 6.45) is 10.8. The Balaban J connectivity index is 0.000000151. The van der Waals surface area contributed by atoms with Crippen molar-refractivity contribution in [2.45, 2.75) is 70.0 Å². The molecule has 2 saturated heterocycles.